The molecule has 2 N–H and O–H groups in total. The first-order valence-electron chi connectivity index (χ1n) is 11.1. The van der Waals surface area contributed by atoms with Crippen LogP contribution in [0.1, 0.15) is 23.2 Å². The van der Waals surface area contributed by atoms with E-state index in [0.29, 0.717) is 35.9 Å². The van der Waals surface area contributed by atoms with Gasteiger partial charge in [-0.05, 0) is 55.3 Å². The van der Waals surface area contributed by atoms with Crippen LogP contribution in [0.25, 0.3) is 16.6 Å². The van der Waals surface area contributed by atoms with Crippen molar-refractivity contribution in [1.29, 1.82) is 0 Å². The fourth-order valence-electron chi connectivity index (χ4n) is 4.47. The summed E-state index contributed by atoms with van der Waals surface area (Å²) in [6, 6.07) is 14.0. The first-order chi connectivity index (χ1) is 16.9. The lowest BCUT2D eigenvalue weighted by Crippen LogP contribution is -2.35. The Morgan fingerprint density at radius 3 is 2.69 bits per heavy atom. The minimum absolute atomic E-state index is 0.0390. The number of nitrogens with zero attached hydrogens (tertiary/aromatic N) is 3. The lowest BCUT2D eigenvalue weighted by Gasteiger charge is -2.27. The number of aromatic hydroxyl groups is 1. The summed E-state index contributed by atoms with van der Waals surface area (Å²) in [5.41, 5.74) is -0.0488. The maximum Gasteiger partial charge on any atom is 0.341 e. The van der Waals surface area contributed by atoms with Gasteiger partial charge < -0.3 is 24.4 Å². The minimum Gasteiger partial charge on any atom is -0.508 e. The van der Waals surface area contributed by atoms with Crippen molar-refractivity contribution in [2.24, 2.45) is 0 Å². The number of carboxylic acids is 1. The first-order valence-corrected chi connectivity index (χ1v) is 11.1. The minimum atomic E-state index is -1.40. The number of carbonyl (C=O) groups is 1. The van der Waals surface area contributed by atoms with E-state index in [0.717, 1.165) is 18.9 Å². The van der Waals surface area contributed by atoms with Gasteiger partial charge in [-0.15, -0.1) is 0 Å². The molecule has 1 saturated heterocycles. The van der Waals surface area contributed by atoms with E-state index < -0.39 is 22.8 Å². The number of benzene rings is 2. The van der Waals surface area contributed by atoms with Crippen LogP contribution in [-0.4, -0.2) is 44.9 Å². The van der Waals surface area contributed by atoms with Gasteiger partial charge in [0.2, 0.25) is 11.3 Å². The molecule has 1 unspecified atom stereocenters. The van der Waals surface area contributed by atoms with Crippen LogP contribution in [0, 0.1) is 5.82 Å². The molecule has 0 radical (unpaired) electrons. The van der Waals surface area contributed by atoms with E-state index in [4.69, 9.17) is 4.74 Å². The predicted molar refractivity (Wildman–Crippen MR) is 128 cm³/mol. The van der Waals surface area contributed by atoms with Crippen molar-refractivity contribution >= 4 is 22.6 Å². The molecule has 1 atom stereocenters. The van der Waals surface area contributed by atoms with Gasteiger partial charge in [-0.1, -0.05) is 6.07 Å². The standard InChI is InChI=1S/C26H22FN3O5/c27-21-12-19-22(30(14-20(25(19)32)26(33)34)16-6-8-18(31)9-7-16)13-23(21)29-11-3-4-17(29)15-35-24-5-1-2-10-28-24/h1-2,5-10,12-14,17,31H,3-4,11,15H2,(H,33,34). The molecule has 0 spiro atoms. The number of pyridine rings is 2. The van der Waals surface area contributed by atoms with Crippen LogP contribution in [0.4, 0.5) is 10.1 Å². The molecule has 1 aliphatic rings. The number of aromatic carboxylic acids is 1. The van der Waals surface area contributed by atoms with Crippen LogP contribution in [0.5, 0.6) is 11.6 Å². The van der Waals surface area contributed by atoms with Crippen molar-refractivity contribution in [1.82, 2.24) is 9.55 Å². The first kappa shape index (κ1) is 22.4. The Kier molecular flexibility index (Phi) is 5.82. The number of phenolic OH excluding ortho intramolecular Hbond substituents is 1. The van der Waals surface area contributed by atoms with Crippen molar-refractivity contribution in [3.05, 3.63) is 88.6 Å². The summed E-state index contributed by atoms with van der Waals surface area (Å²) < 4.78 is 22.7. The third-order valence-corrected chi connectivity index (χ3v) is 6.18. The zero-order valence-electron chi connectivity index (χ0n) is 18.6. The number of halogens is 1. The molecule has 0 bridgehead atoms. The Labute approximate surface area is 199 Å². The quantitative estimate of drug-likeness (QED) is 0.435. The van der Waals surface area contributed by atoms with E-state index in [9.17, 15) is 19.8 Å². The summed E-state index contributed by atoms with van der Waals surface area (Å²) >= 11 is 0. The number of ether oxygens (including phenoxy) is 1. The van der Waals surface area contributed by atoms with Crippen LogP contribution in [0.2, 0.25) is 0 Å². The Hall–Kier alpha value is -4.40. The number of anilines is 1. The number of aromatic nitrogens is 2. The average Bonchev–Trinajstić information content (AvgIpc) is 3.32. The number of carboxylic acid groups (broad SMARTS) is 1. The molecule has 9 heteroatoms. The Morgan fingerprint density at radius 2 is 1.97 bits per heavy atom. The molecule has 0 amide bonds. The summed E-state index contributed by atoms with van der Waals surface area (Å²) in [6.45, 7) is 0.923. The second-order valence-corrected chi connectivity index (χ2v) is 8.35. The highest BCUT2D eigenvalue weighted by Crippen LogP contribution is 2.32. The zero-order valence-corrected chi connectivity index (χ0v) is 18.6. The van der Waals surface area contributed by atoms with Crippen LogP contribution in [0.3, 0.4) is 0 Å². The second-order valence-electron chi connectivity index (χ2n) is 8.35. The van der Waals surface area contributed by atoms with Gasteiger partial charge in [0.1, 0.15) is 23.7 Å². The van der Waals surface area contributed by atoms with Gasteiger partial charge in [0.05, 0.1) is 17.2 Å². The predicted octanol–water partition coefficient (Wildman–Crippen LogP) is 3.98. The normalized spacial score (nSPS) is 15.5. The number of rotatable bonds is 6. The fourth-order valence-corrected chi connectivity index (χ4v) is 4.47. The molecular formula is C26H22FN3O5. The fraction of sp³-hybridized carbons (Fsp3) is 0.192. The van der Waals surface area contributed by atoms with Gasteiger partial charge in [-0.2, -0.15) is 0 Å². The molecular weight excluding hydrogens is 453 g/mol. The molecule has 178 valence electrons. The lowest BCUT2D eigenvalue weighted by atomic mass is 10.1. The van der Waals surface area contributed by atoms with Crippen LogP contribution in [-0.2, 0) is 0 Å². The molecule has 0 aliphatic carbocycles. The maximum atomic E-state index is 15.4. The van der Waals surface area contributed by atoms with Crippen molar-refractivity contribution in [3.8, 4) is 17.3 Å². The highest BCUT2D eigenvalue weighted by atomic mass is 19.1. The maximum absolute atomic E-state index is 15.4. The van der Waals surface area contributed by atoms with E-state index in [1.807, 2.05) is 11.0 Å². The van der Waals surface area contributed by atoms with Gasteiger partial charge >= 0.3 is 5.97 Å². The average molecular weight is 475 g/mol. The molecule has 2 aromatic heterocycles. The van der Waals surface area contributed by atoms with E-state index in [1.54, 1.807) is 36.5 Å². The summed E-state index contributed by atoms with van der Waals surface area (Å²) in [7, 11) is 0. The van der Waals surface area contributed by atoms with Crippen molar-refractivity contribution in [2.45, 2.75) is 18.9 Å². The summed E-state index contributed by atoms with van der Waals surface area (Å²) in [6.07, 6.45) is 4.51. The second kappa shape index (κ2) is 9.09. The largest absolute Gasteiger partial charge is 0.508 e. The topological polar surface area (TPSA) is 105 Å². The molecule has 2 aromatic carbocycles. The smallest absolute Gasteiger partial charge is 0.341 e. The Morgan fingerprint density at radius 1 is 1.17 bits per heavy atom. The molecule has 5 rings (SSSR count). The Bertz CT molecular complexity index is 1450. The third-order valence-electron chi connectivity index (χ3n) is 6.18. The molecule has 1 aliphatic heterocycles. The number of hydrogen-bond donors (Lipinski definition) is 2. The van der Waals surface area contributed by atoms with E-state index in [1.165, 1.54) is 22.9 Å². The lowest BCUT2D eigenvalue weighted by molar-refractivity contribution is 0.0695. The van der Waals surface area contributed by atoms with Gasteiger partial charge in [-0.25, -0.2) is 14.2 Å². The SMILES string of the molecule is O=C(O)c1cn(-c2ccc(O)cc2)c2cc(N3CCCC3COc3ccccn3)c(F)cc2c1=O. The van der Waals surface area contributed by atoms with Crippen LogP contribution >= 0.6 is 0 Å². The summed E-state index contributed by atoms with van der Waals surface area (Å²) in [4.78, 5) is 30.7. The van der Waals surface area contributed by atoms with Gasteiger partial charge in [0, 0.05) is 36.1 Å². The number of phenols is 1. The van der Waals surface area contributed by atoms with Gasteiger partial charge in [0.15, 0.2) is 0 Å². The molecule has 1 fully saturated rings. The van der Waals surface area contributed by atoms with E-state index in [2.05, 4.69) is 4.98 Å². The highest BCUT2D eigenvalue weighted by molar-refractivity contribution is 5.94. The molecule has 0 saturated carbocycles. The van der Waals surface area contributed by atoms with Gasteiger partial charge in [-0.3, -0.25) is 4.79 Å². The summed E-state index contributed by atoms with van der Waals surface area (Å²) in [5.74, 6) is -1.49. The van der Waals surface area contributed by atoms with Gasteiger partial charge in [0.25, 0.3) is 0 Å². The number of fused-ring (bicyclic) bond motifs is 1. The highest BCUT2D eigenvalue weighted by Gasteiger charge is 2.29. The molecule has 8 nitrogen and oxygen atoms in total. The van der Waals surface area contributed by atoms with Crippen LogP contribution in [0.15, 0.2) is 71.8 Å². The van der Waals surface area contributed by atoms with E-state index >= 15 is 4.39 Å². The van der Waals surface area contributed by atoms with Crippen LogP contribution < -0.4 is 15.1 Å². The molecule has 3 heterocycles. The summed E-state index contributed by atoms with van der Waals surface area (Å²) in [5, 5.41) is 19.2. The van der Waals surface area contributed by atoms with Crippen molar-refractivity contribution < 1.29 is 24.1 Å². The van der Waals surface area contributed by atoms with Crippen molar-refractivity contribution in [3.63, 3.8) is 0 Å². The van der Waals surface area contributed by atoms with E-state index in [-0.39, 0.29) is 17.2 Å². The Balaban J connectivity index is 1.60. The molecule has 4 aromatic rings. The number of hydrogen-bond acceptors (Lipinski definition) is 6. The molecule has 35 heavy (non-hydrogen) atoms. The third kappa shape index (κ3) is 4.28. The monoisotopic (exact) mass is 475 g/mol. The zero-order chi connectivity index (χ0) is 24.5. The van der Waals surface area contributed by atoms with Crippen molar-refractivity contribution in [2.75, 3.05) is 18.1 Å².